The van der Waals surface area contributed by atoms with Gasteiger partial charge in [-0.05, 0) is 31.2 Å². The summed E-state index contributed by atoms with van der Waals surface area (Å²) in [7, 11) is 0. The highest BCUT2D eigenvalue weighted by Gasteiger charge is 2.13. The maximum absolute atomic E-state index is 11.9. The number of amides is 1. The molecular formula is C15H14N2O3S. The molecule has 5 nitrogen and oxygen atoms in total. The van der Waals surface area contributed by atoms with Crippen LogP contribution >= 0.6 is 11.8 Å². The Kier molecular flexibility index (Phi) is 4.94. The van der Waals surface area contributed by atoms with E-state index in [9.17, 15) is 9.59 Å². The number of pyridine rings is 1. The number of nitrogens with one attached hydrogen (secondary N) is 1. The van der Waals surface area contributed by atoms with E-state index in [0.29, 0.717) is 0 Å². The molecule has 0 atom stereocenters. The average Bonchev–Trinajstić information content (AvgIpc) is 2.47. The highest BCUT2D eigenvalue weighted by Crippen LogP contribution is 2.19. The van der Waals surface area contributed by atoms with Gasteiger partial charge in [0.15, 0.2) is 0 Å². The number of aromatic nitrogens is 1. The number of thioether (sulfide) groups is 1. The van der Waals surface area contributed by atoms with E-state index in [1.54, 1.807) is 0 Å². The van der Waals surface area contributed by atoms with Crippen molar-refractivity contribution in [1.29, 1.82) is 0 Å². The van der Waals surface area contributed by atoms with E-state index in [-0.39, 0.29) is 23.0 Å². The number of carbonyl (C=O) groups is 2. The van der Waals surface area contributed by atoms with E-state index in [1.165, 1.54) is 30.1 Å². The second kappa shape index (κ2) is 6.90. The number of hydrogen-bond acceptors (Lipinski definition) is 4. The van der Waals surface area contributed by atoms with Crippen LogP contribution in [-0.4, -0.2) is 27.7 Å². The Hall–Kier alpha value is -2.34. The fourth-order valence-corrected chi connectivity index (χ4v) is 2.33. The van der Waals surface area contributed by atoms with Crippen LogP contribution in [0.5, 0.6) is 0 Å². The van der Waals surface area contributed by atoms with Gasteiger partial charge >= 0.3 is 5.97 Å². The molecule has 0 saturated heterocycles. The molecule has 1 heterocycles. The first-order valence-electron chi connectivity index (χ1n) is 6.24. The molecule has 108 valence electrons. The van der Waals surface area contributed by atoms with Crippen molar-refractivity contribution in [2.75, 3.05) is 11.1 Å². The van der Waals surface area contributed by atoms with Gasteiger partial charge in [-0.2, -0.15) is 0 Å². The molecular weight excluding hydrogens is 288 g/mol. The van der Waals surface area contributed by atoms with E-state index in [0.717, 1.165) is 10.5 Å². The molecule has 21 heavy (non-hydrogen) atoms. The second-order valence-corrected chi connectivity index (χ2v) is 5.40. The Morgan fingerprint density at radius 3 is 2.62 bits per heavy atom. The van der Waals surface area contributed by atoms with Gasteiger partial charge in [0.2, 0.25) is 5.91 Å². The first kappa shape index (κ1) is 15.1. The van der Waals surface area contributed by atoms with Gasteiger partial charge in [-0.25, -0.2) is 9.78 Å². The molecule has 0 saturated carbocycles. The van der Waals surface area contributed by atoms with Crippen LogP contribution in [0.1, 0.15) is 15.9 Å². The molecule has 0 fully saturated rings. The molecule has 6 heteroatoms. The third-order valence-corrected chi connectivity index (χ3v) is 3.70. The number of aromatic carboxylic acids is 1. The van der Waals surface area contributed by atoms with Crippen molar-refractivity contribution in [3.63, 3.8) is 0 Å². The number of rotatable bonds is 5. The highest BCUT2D eigenvalue weighted by molar-refractivity contribution is 8.00. The molecule has 2 aromatic rings. The van der Waals surface area contributed by atoms with Crippen molar-refractivity contribution in [3.8, 4) is 0 Å². The molecule has 0 radical (unpaired) electrons. The Morgan fingerprint density at radius 1 is 1.24 bits per heavy atom. The summed E-state index contributed by atoms with van der Waals surface area (Å²) in [6.07, 6.45) is 1.44. The molecule has 0 aliphatic heterocycles. The fraction of sp³-hybridized carbons (Fsp3) is 0.133. The standard InChI is InChI=1S/C15H14N2O3S/c1-10-4-6-11(7-5-10)21-9-13(18)17-14-12(15(19)20)3-2-8-16-14/h2-8H,9H2,1H3,(H,19,20)(H,16,17,18). The Balaban J connectivity index is 1.96. The Labute approximate surface area is 126 Å². The molecule has 1 aromatic heterocycles. The summed E-state index contributed by atoms with van der Waals surface area (Å²) in [5, 5.41) is 11.5. The zero-order chi connectivity index (χ0) is 15.2. The van der Waals surface area contributed by atoms with E-state index < -0.39 is 5.97 Å². The third-order valence-electron chi connectivity index (χ3n) is 2.69. The maximum Gasteiger partial charge on any atom is 0.339 e. The molecule has 0 unspecified atom stereocenters. The van der Waals surface area contributed by atoms with Gasteiger partial charge in [0, 0.05) is 11.1 Å². The van der Waals surface area contributed by atoms with Gasteiger partial charge in [0.25, 0.3) is 0 Å². The Morgan fingerprint density at radius 2 is 1.95 bits per heavy atom. The summed E-state index contributed by atoms with van der Waals surface area (Å²) in [6, 6.07) is 10.7. The molecule has 0 spiro atoms. The van der Waals surface area contributed by atoms with Crippen LogP contribution in [0, 0.1) is 6.92 Å². The maximum atomic E-state index is 11.9. The van der Waals surface area contributed by atoms with Crippen LogP contribution < -0.4 is 5.32 Å². The topological polar surface area (TPSA) is 79.3 Å². The lowest BCUT2D eigenvalue weighted by Crippen LogP contribution is -2.17. The van der Waals surface area contributed by atoms with Crippen LogP contribution in [0.3, 0.4) is 0 Å². The predicted octanol–water partition coefficient (Wildman–Crippen LogP) is 2.82. The quantitative estimate of drug-likeness (QED) is 0.830. The second-order valence-electron chi connectivity index (χ2n) is 4.35. The van der Waals surface area contributed by atoms with Crippen LogP contribution in [0.2, 0.25) is 0 Å². The summed E-state index contributed by atoms with van der Waals surface area (Å²) < 4.78 is 0. The number of carboxylic acid groups (broad SMARTS) is 1. The van der Waals surface area contributed by atoms with Gasteiger partial charge in [0.1, 0.15) is 11.4 Å². The summed E-state index contributed by atoms with van der Waals surface area (Å²) in [6.45, 7) is 2.00. The molecule has 0 bridgehead atoms. The first-order chi connectivity index (χ1) is 10.1. The van der Waals surface area contributed by atoms with Crippen LogP contribution in [-0.2, 0) is 4.79 Å². The van der Waals surface area contributed by atoms with E-state index in [4.69, 9.17) is 5.11 Å². The van der Waals surface area contributed by atoms with Crippen molar-refractivity contribution in [1.82, 2.24) is 4.98 Å². The normalized spacial score (nSPS) is 10.1. The molecule has 1 aromatic carbocycles. The molecule has 2 N–H and O–H groups in total. The summed E-state index contributed by atoms with van der Waals surface area (Å²) >= 11 is 1.38. The third kappa shape index (κ3) is 4.32. The lowest BCUT2D eigenvalue weighted by Gasteiger charge is -2.07. The monoisotopic (exact) mass is 302 g/mol. The van der Waals surface area contributed by atoms with Crippen molar-refractivity contribution >= 4 is 29.5 Å². The first-order valence-corrected chi connectivity index (χ1v) is 7.22. The number of benzene rings is 1. The molecule has 0 aliphatic rings. The number of hydrogen-bond donors (Lipinski definition) is 2. The lowest BCUT2D eigenvalue weighted by atomic mass is 10.2. The zero-order valence-corrected chi connectivity index (χ0v) is 12.2. The number of nitrogens with zero attached hydrogens (tertiary/aromatic N) is 1. The van der Waals surface area contributed by atoms with Gasteiger partial charge in [0.05, 0.1) is 5.75 Å². The minimum Gasteiger partial charge on any atom is -0.478 e. The van der Waals surface area contributed by atoms with Crippen LogP contribution in [0.15, 0.2) is 47.5 Å². The Bertz CT molecular complexity index is 656. The molecule has 1 amide bonds. The van der Waals surface area contributed by atoms with Crippen molar-refractivity contribution in [2.45, 2.75) is 11.8 Å². The van der Waals surface area contributed by atoms with E-state index >= 15 is 0 Å². The van der Waals surface area contributed by atoms with Crippen molar-refractivity contribution < 1.29 is 14.7 Å². The fourth-order valence-electron chi connectivity index (χ4n) is 1.63. The smallest absolute Gasteiger partial charge is 0.339 e. The van der Waals surface area contributed by atoms with Gasteiger partial charge < -0.3 is 10.4 Å². The van der Waals surface area contributed by atoms with Gasteiger partial charge in [-0.3, -0.25) is 4.79 Å². The minimum atomic E-state index is -1.12. The summed E-state index contributed by atoms with van der Waals surface area (Å²) in [5.41, 5.74) is 1.13. The lowest BCUT2D eigenvalue weighted by molar-refractivity contribution is -0.113. The van der Waals surface area contributed by atoms with Crippen LogP contribution in [0.25, 0.3) is 0 Å². The largest absolute Gasteiger partial charge is 0.478 e. The number of carbonyl (C=O) groups excluding carboxylic acids is 1. The minimum absolute atomic E-state index is 0.0221. The van der Waals surface area contributed by atoms with Crippen molar-refractivity contribution in [2.24, 2.45) is 0 Å². The molecule has 0 aliphatic carbocycles. The summed E-state index contributed by atoms with van der Waals surface area (Å²) in [4.78, 5) is 27.7. The number of anilines is 1. The average molecular weight is 302 g/mol. The van der Waals surface area contributed by atoms with E-state index in [1.807, 2.05) is 31.2 Å². The highest BCUT2D eigenvalue weighted by atomic mass is 32.2. The van der Waals surface area contributed by atoms with E-state index in [2.05, 4.69) is 10.3 Å². The van der Waals surface area contributed by atoms with Crippen LogP contribution in [0.4, 0.5) is 5.82 Å². The summed E-state index contributed by atoms with van der Waals surface area (Å²) in [5.74, 6) is -1.15. The molecule has 2 rings (SSSR count). The SMILES string of the molecule is Cc1ccc(SCC(=O)Nc2ncccc2C(=O)O)cc1. The van der Waals surface area contributed by atoms with Gasteiger partial charge in [-0.1, -0.05) is 17.7 Å². The number of carboxylic acids is 1. The van der Waals surface area contributed by atoms with Crippen molar-refractivity contribution in [3.05, 3.63) is 53.7 Å². The van der Waals surface area contributed by atoms with Gasteiger partial charge in [-0.15, -0.1) is 11.8 Å². The predicted molar refractivity (Wildman–Crippen MR) is 81.7 cm³/mol. The number of aryl methyl sites for hydroxylation is 1. The zero-order valence-electron chi connectivity index (χ0n) is 11.4.